The number of para-hydroxylation sites is 1. The SMILES string of the molecule is CC(C)(C)OC(=O)[C@@H](CCCCNC(=O)OCc1ccccc1)NC(=O)C(C)(C)c1cnc([C@@H](Cc2c[nH]c3ccccc23)NC(=O)N2CCN(Cc3ccccc3)CC2)[nH]1. The molecular weight excluding hydrogens is 773 g/mol. The van der Waals surface area contributed by atoms with Gasteiger partial charge in [-0.15, -0.1) is 0 Å². The summed E-state index contributed by atoms with van der Waals surface area (Å²) in [7, 11) is 0. The third-order valence-electron chi connectivity index (χ3n) is 10.9. The fraction of sp³-hybridized carbons (Fsp3) is 0.426. The summed E-state index contributed by atoms with van der Waals surface area (Å²) in [6.45, 7) is 12.9. The molecule has 14 heteroatoms. The molecule has 5 aromatic rings. The molecule has 2 atom stereocenters. The van der Waals surface area contributed by atoms with Crippen LogP contribution >= 0.6 is 0 Å². The van der Waals surface area contributed by atoms with Crippen LogP contribution < -0.4 is 16.0 Å². The third-order valence-corrected chi connectivity index (χ3v) is 10.9. The van der Waals surface area contributed by atoms with Crippen LogP contribution in [0.3, 0.4) is 0 Å². The number of fused-ring (bicyclic) bond motifs is 1. The lowest BCUT2D eigenvalue weighted by atomic mass is 9.88. The summed E-state index contributed by atoms with van der Waals surface area (Å²) >= 11 is 0. The minimum atomic E-state index is -1.15. The van der Waals surface area contributed by atoms with Gasteiger partial charge in [0.2, 0.25) is 5.91 Å². The van der Waals surface area contributed by atoms with E-state index in [-0.39, 0.29) is 12.6 Å². The number of aromatic nitrogens is 3. The summed E-state index contributed by atoms with van der Waals surface area (Å²) in [5.41, 5.74) is 2.74. The van der Waals surface area contributed by atoms with Crippen LogP contribution in [0.1, 0.15) is 88.1 Å². The number of urea groups is 1. The normalized spacial score (nSPS) is 14.5. The predicted octanol–water partition coefficient (Wildman–Crippen LogP) is 6.90. The Morgan fingerprint density at radius 2 is 1.49 bits per heavy atom. The number of hydrogen-bond donors (Lipinski definition) is 5. The van der Waals surface area contributed by atoms with E-state index in [0.29, 0.717) is 56.8 Å². The first kappa shape index (κ1) is 44.4. The molecule has 0 aliphatic carbocycles. The summed E-state index contributed by atoms with van der Waals surface area (Å²) in [5, 5.41) is 10.00. The highest BCUT2D eigenvalue weighted by Crippen LogP contribution is 2.28. The first-order valence-corrected chi connectivity index (χ1v) is 21.2. The van der Waals surface area contributed by atoms with Gasteiger partial charge < -0.3 is 40.3 Å². The van der Waals surface area contributed by atoms with E-state index in [2.05, 4.69) is 43.0 Å². The number of nitrogens with one attached hydrogen (secondary N) is 5. The maximum atomic E-state index is 14.1. The molecule has 14 nitrogen and oxygen atoms in total. The quantitative estimate of drug-likeness (QED) is 0.0497. The lowest BCUT2D eigenvalue weighted by Crippen LogP contribution is -2.52. The van der Waals surface area contributed by atoms with Gasteiger partial charge in [-0.25, -0.2) is 19.4 Å². The molecule has 324 valence electrons. The van der Waals surface area contributed by atoms with Gasteiger partial charge in [0, 0.05) is 74.7 Å². The number of alkyl carbamates (subject to hydrolysis) is 1. The average Bonchev–Trinajstić information content (AvgIpc) is 3.91. The second-order valence-electron chi connectivity index (χ2n) is 17.2. The van der Waals surface area contributed by atoms with Crippen molar-refractivity contribution < 1.29 is 28.7 Å². The molecular formula is C47H60N8O6. The number of piperazine rings is 1. The molecule has 61 heavy (non-hydrogen) atoms. The van der Waals surface area contributed by atoms with Crippen LogP contribution in [0.5, 0.6) is 0 Å². The van der Waals surface area contributed by atoms with Crippen molar-refractivity contribution in [2.75, 3.05) is 32.7 Å². The van der Waals surface area contributed by atoms with Gasteiger partial charge in [-0.2, -0.15) is 0 Å². The number of benzene rings is 3. The topological polar surface area (TPSA) is 174 Å². The van der Waals surface area contributed by atoms with Gasteiger partial charge in [0.25, 0.3) is 0 Å². The molecule has 0 spiro atoms. The minimum Gasteiger partial charge on any atom is -0.458 e. The molecule has 6 rings (SSSR count). The number of aromatic amines is 2. The number of amides is 4. The van der Waals surface area contributed by atoms with Crippen molar-refractivity contribution >= 4 is 34.9 Å². The van der Waals surface area contributed by atoms with Crippen LogP contribution in [0.4, 0.5) is 9.59 Å². The van der Waals surface area contributed by atoms with E-state index in [1.165, 1.54) is 5.56 Å². The number of H-pyrrole nitrogens is 2. The lowest BCUT2D eigenvalue weighted by molar-refractivity contribution is -0.159. The van der Waals surface area contributed by atoms with E-state index in [1.54, 1.807) is 40.8 Å². The van der Waals surface area contributed by atoms with Crippen molar-refractivity contribution in [2.24, 2.45) is 0 Å². The monoisotopic (exact) mass is 832 g/mol. The van der Waals surface area contributed by atoms with Crippen LogP contribution in [0.25, 0.3) is 10.9 Å². The standard InChI is InChI=1S/C47H60N8O6/c1-46(2,3)61-42(56)38(22-14-15-23-48-45(59)60-32-34-18-10-7-11-19-34)51-43(57)47(4,5)40-30-50-41(53-40)39(28-35-29-49-37-21-13-12-20-36(35)37)52-44(58)55-26-24-54(25-27-55)31-33-16-8-6-9-17-33/h6-13,16-21,29-30,38-39,49H,14-15,22-28,31-32H2,1-5H3,(H,48,59)(H,50,53)(H,51,57)(H,52,58)/t38-,39-/m1/s1. The Kier molecular flexibility index (Phi) is 14.9. The van der Waals surface area contributed by atoms with Crippen LogP contribution in [-0.4, -0.2) is 93.1 Å². The molecule has 0 unspecified atom stereocenters. The molecule has 1 saturated heterocycles. The Morgan fingerprint density at radius 3 is 2.20 bits per heavy atom. The maximum absolute atomic E-state index is 14.1. The molecule has 1 aliphatic heterocycles. The average molecular weight is 833 g/mol. The Bertz CT molecular complexity index is 2210. The molecule has 0 radical (unpaired) electrons. The summed E-state index contributed by atoms with van der Waals surface area (Å²) in [5.74, 6) is -0.429. The minimum absolute atomic E-state index is 0.167. The van der Waals surface area contributed by atoms with Crippen molar-refractivity contribution in [3.8, 4) is 0 Å². The van der Waals surface area contributed by atoms with Gasteiger partial charge in [0.05, 0.1) is 11.5 Å². The number of nitrogens with zero attached hydrogens (tertiary/aromatic N) is 3. The number of carbonyl (C=O) groups is 4. The van der Waals surface area contributed by atoms with Gasteiger partial charge in [0.15, 0.2) is 0 Å². The van der Waals surface area contributed by atoms with E-state index in [9.17, 15) is 19.2 Å². The molecule has 1 aliphatic rings. The molecule has 3 heterocycles. The molecule has 3 aromatic carbocycles. The van der Waals surface area contributed by atoms with E-state index < -0.39 is 41.1 Å². The van der Waals surface area contributed by atoms with E-state index in [1.807, 2.05) is 83.9 Å². The lowest BCUT2D eigenvalue weighted by Gasteiger charge is -2.35. The molecule has 2 aromatic heterocycles. The Balaban J connectivity index is 1.10. The van der Waals surface area contributed by atoms with Crippen molar-refractivity contribution in [3.63, 3.8) is 0 Å². The Hall–Kier alpha value is -6.15. The number of hydrogen-bond acceptors (Lipinski definition) is 8. The van der Waals surface area contributed by atoms with Gasteiger partial charge in [0.1, 0.15) is 24.1 Å². The second-order valence-corrected chi connectivity index (χ2v) is 17.2. The second kappa shape index (κ2) is 20.4. The van der Waals surface area contributed by atoms with E-state index >= 15 is 0 Å². The molecule has 1 fully saturated rings. The van der Waals surface area contributed by atoms with Crippen LogP contribution in [0.2, 0.25) is 0 Å². The van der Waals surface area contributed by atoms with Crippen molar-refractivity contribution in [2.45, 2.75) is 96.6 Å². The third kappa shape index (κ3) is 12.7. The van der Waals surface area contributed by atoms with Crippen LogP contribution in [0, 0.1) is 0 Å². The fourth-order valence-corrected chi connectivity index (χ4v) is 7.28. The molecule has 0 bridgehead atoms. The Labute approximate surface area is 358 Å². The van der Waals surface area contributed by atoms with Crippen LogP contribution in [-0.2, 0) is 44.1 Å². The van der Waals surface area contributed by atoms with Crippen molar-refractivity contribution in [1.29, 1.82) is 0 Å². The largest absolute Gasteiger partial charge is 0.458 e. The molecule has 4 amide bonds. The van der Waals surface area contributed by atoms with E-state index in [0.717, 1.165) is 41.7 Å². The zero-order valence-electron chi connectivity index (χ0n) is 36.0. The van der Waals surface area contributed by atoms with Crippen molar-refractivity contribution in [1.82, 2.24) is 40.7 Å². The van der Waals surface area contributed by atoms with Gasteiger partial charge in [-0.05, 0) is 76.6 Å². The van der Waals surface area contributed by atoms with Gasteiger partial charge in [-0.1, -0.05) is 78.9 Å². The highest BCUT2D eigenvalue weighted by molar-refractivity contribution is 5.91. The summed E-state index contributed by atoms with van der Waals surface area (Å²) in [6.07, 6.45) is 4.87. The number of unbranched alkanes of at least 4 members (excludes halogenated alkanes) is 1. The first-order valence-electron chi connectivity index (χ1n) is 21.2. The number of carbonyl (C=O) groups excluding carboxylic acids is 4. The summed E-state index contributed by atoms with van der Waals surface area (Å²) in [4.78, 5) is 69.3. The van der Waals surface area contributed by atoms with Crippen molar-refractivity contribution in [3.05, 3.63) is 126 Å². The summed E-state index contributed by atoms with van der Waals surface area (Å²) in [6, 6.07) is 26.1. The zero-order chi connectivity index (χ0) is 43.4. The van der Waals surface area contributed by atoms with E-state index in [4.69, 9.17) is 14.5 Å². The number of rotatable bonds is 17. The van der Waals surface area contributed by atoms with Gasteiger partial charge in [-0.3, -0.25) is 9.69 Å². The number of ether oxygens (including phenoxy) is 2. The predicted molar refractivity (Wildman–Crippen MR) is 234 cm³/mol. The fourth-order valence-electron chi connectivity index (χ4n) is 7.28. The van der Waals surface area contributed by atoms with Crippen LogP contribution in [0.15, 0.2) is 97.3 Å². The molecule has 5 N–H and O–H groups in total. The molecule has 0 saturated carbocycles. The zero-order valence-corrected chi connectivity index (χ0v) is 36.0. The number of imidazole rings is 1. The highest BCUT2D eigenvalue weighted by Gasteiger charge is 2.37. The smallest absolute Gasteiger partial charge is 0.407 e. The summed E-state index contributed by atoms with van der Waals surface area (Å²) < 4.78 is 11.0. The highest BCUT2D eigenvalue weighted by atomic mass is 16.6. The van der Waals surface area contributed by atoms with Gasteiger partial charge >= 0.3 is 18.1 Å². The Morgan fingerprint density at radius 1 is 0.820 bits per heavy atom. The maximum Gasteiger partial charge on any atom is 0.407 e. The first-order chi connectivity index (χ1) is 29.2. The number of esters is 1.